The monoisotopic (exact) mass is 271 g/mol. The molecule has 2 rings (SSSR count). The smallest absolute Gasteiger partial charge is 0.230 e. The number of hydrogen-bond acceptors (Lipinski definition) is 2. The van der Waals surface area contributed by atoms with E-state index in [4.69, 9.17) is 23.2 Å². The lowest BCUT2D eigenvalue weighted by Crippen LogP contribution is -2.17. The Morgan fingerprint density at radius 1 is 1.41 bits per heavy atom. The van der Waals surface area contributed by atoms with Crippen molar-refractivity contribution < 1.29 is 9.59 Å². The number of hydrogen-bond donors (Lipinski definition) is 1. The zero-order valence-corrected chi connectivity index (χ0v) is 10.7. The summed E-state index contributed by atoms with van der Waals surface area (Å²) in [6.07, 6.45) is 0.467. The lowest BCUT2D eigenvalue weighted by atomic mass is 10.1. The van der Waals surface area contributed by atoms with E-state index < -0.39 is 4.33 Å². The van der Waals surface area contributed by atoms with Crippen molar-refractivity contribution in [2.45, 2.75) is 17.7 Å². The third kappa shape index (κ3) is 2.79. The molecule has 1 aliphatic carbocycles. The molecule has 0 aromatic heterocycles. The van der Waals surface area contributed by atoms with Gasteiger partial charge >= 0.3 is 0 Å². The molecule has 1 amide bonds. The van der Waals surface area contributed by atoms with Crippen LogP contribution in [0.15, 0.2) is 24.3 Å². The van der Waals surface area contributed by atoms with Gasteiger partial charge in [0, 0.05) is 11.3 Å². The number of carbonyl (C=O) groups excluding carboxylic acids is 2. The van der Waals surface area contributed by atoms with Crippen molar-refractivity contribution in [3.05, 3.63) is 29.8 Å². The number of rotatable bonds is 3. The van der Waals surface area contributed by atoms with E-state index in [0.29, 0.717) is 17.7 Å². The number of anilines is 1. The third-order valence-electron chi connectivity index (χ3n) is 2.68. The van der Waals surface area contributed by atoms with Crippen LogP contribution in [-0.4, -0.2) is 16.0 Å². The molecule has 1 fully saturated rings. The molecule has 1 N–H and O–H groups in total. The Morgan fingerprint density at radius 2 is 2.06 bits per heavy atom. The third-order valence-corrected chi connectivity index (χ3v) is 3.51. The molecule has 0 bridgehead atoms. The second-order valence-electron chi connectivity index (χ2n) is 4.14. The quantitative estimate of drug-likeness (QED) is 0.679. The highest BCUT2D eigenvalue weighted by Gasteiger charge is 2.56. The minimum Gasteiger partial charge on any atom is -0.326 e. The molecule has 5 heteroatoms. The first-order valence-corrected chi connectivity index (χ1v) is 5.95. The van der Waals surface area contributed by atoms with E-state index >= 15 is 0 Å². The summed E-state index contributed by atoms with van der Waals surface area (Å²) in [6.45, 7) is 1.48. The summed E-state index contributed by atoms with van der Waals surface area (Å²) in [4.78, 5) is 22.9. The average Bonchev–Trinajstić information content (AvgIpc) is 2.88. The van der Waals surface area contributed by atoms with E-state index in [1.807, 2.05) is 0 Å². The van der Waals surface area contributed by atoms with E-state index in [1.165, 1.54) is 6.92 Å². The van der Waals surface area contributed by atoms with Gasteiger partial charge in [0.1, 0.15) is 4.33 Å². The number of nitrogens with one attached hydrogen (secondary N) is 1. The zero-order valence-electron chi connectivity index (χ0n) is 9.17. The number of amides is 1. The van der Waals surface area contributed by atoms with Crippen molar-refractivity contribution in [1.29, 1.82) is 0 Å². The van der Waals surface area contributed by atoms with Gasteiger partial charge < -0.3 is 5.32 Å². The molecule has 17 heavy (non-hydrogen) atoms. The van der Waals surface area contributed by atoms with Crippen molar-refractivity contribution in [2.24, 2.45) is 5.92 Å². The maximum atomic E-state index is 11.7. The van der Waals surface area contributed by atoms with Crippen molar-refractivity contribution in [2.75, 3.05) is 5.32 Å². The fourth-order valence-electron chi connectivity index (χ4n) is 1.54. The van der Waals surface area contributed by atoms with Gasteiger partial charge in [-0.05, 0) is 25.5 Å². The van der Waals surface area contributed by atoms with Crippen LogP contribution < -0.4 is 5.32 Å². The van der Waals surface area contributed by atoms with Gasteiger partial charge in [0.25, 0.3) is 0 Å². The van der Waals surface area contributed by atoms with Gasteiger partial charge in [0.05, 0.1) is 5.92 Å². The lowest BCUT2D eigenvalue weighted by molar-refractivity contribution is -0.117. The molecule has 1 aliphatic rings. The molecular formula is C12H11Cl2NO2. The minimum absolute atomic E-state index is 0.0449. The van der Waals surface area contributed by atoms with Crippen LogP contribution in [0.1, 0.15) is 23.7 Å². The Bertz CT molecular complexity index is 485. The van der Waals surface area contributed by atoms with Gasteiger partial charge in [0.2, 0.25) is 5.91 Å². The Morgan fingerprint density at radius 3 is 2.59 bits per heavy atom. The SMILES string of the molecule is CC(=O)c1cccc(NC(=O)[C@H]2CC2(Cl)Cl)c1. The molecule has 0 saturated heterocycles. The number of benzene rings is 1. The van der Waals surface area contributed by atoms with E-state index in [9.17, 15) is 9.59 Å². The lowest BCUT2D eigenvalue weighted by Gasteiger charge is -2.06. The molecule has 0 unspecified atom stereocenters. The zero-order chi connectivity index (χ0) is 12.6. The van der Waals surface area contributed by atoms with Crippen LogP contribution in [0.2, 0.25) is 0 Å². The average molecular weight is 272 g/mol. The number of carbonyl (C=O) groups is 2. The molecule has 1 saturated carbocycles. The number of Topliss-reactive ketones (excluding diaryl/α,β-unsaturated/α-hetero) is 1. The highest BCUT2D eigenvalue weighted by molar-refractivity contribution is 6.52. The summed E-state index contributed by atoms with van der Waals surface area (Å²) in [5, 5.41) is 2.69. The van der Waals surface area contributed by atoms with Crippen LogP contribution in [-0.2, 0) is 4.79 Å². The molecule has 1 atom stereocenters. The van der Waals surface area contributed by atoms with Crippen LogP contribution in [0.5, 0.6) is 0 Å². The summed E-state index contributed by atoms with van der Waals surface area (Å²) in [6, 6.07) is 6.76. The summed E-state index contributed by atoms with van der Waals surface area (Å²) in [5.74, 6) is -0.626. The fourth-order valence-corrected chi connectivity index (χ4v) is 2.05. The van der Waals surface area contributed by atoms with E-state index in [0.717, 1.165) is 0 Å². The predicted octanol–water partition coefficient (Wildman–Crippen LogP) is 3.02. The van der Waals surface area contributed by atoms with Crippen molar-refractivity contribution in [3.63, 3.8) is 0 Å². The number of halogens is 2. The minimum atomic E-state index is -0.928. The maximum Gasteiger partial charge on any atom is 0.230 e. The second kappa shape index (κ2) is 4.31. The first-order chi connectivity index (χ1) is 7.90. The van der Waals surface area contributed by atoms with Crippen molar-refractivity contribution in [1.82, 2.24) is 0 Å². The summed E-state index contributed by atoms with van der Waals surface area (Å²) >= 11 is 11.6. The molecule has 3 nitrogen and oxygen atoms in total. The van der Waals surface area contributed by atoms with Gasteiger partial charge in [0.15, 0.2) is 5.78 Å². The molecule has 1 aromatic rings. The molecule has 0 heterocycles. The van der Waals surface area contributed by atoms with Crippen molar-refractivity contribution in [3.8, 4) is 0 Å². The topological polar surface area (TPSA) is 46.2 Å². The van der Waals surface area contributed by atoms with Gasteiger partial charge in [-0.2, -0.15) is 0 Å². The van der Waals surface area contributed by atoms with Gasteiger partial charge in [-0.25, -0.2) is 0 Å². The van der Waals surface area contributed by atoms with E-state index in [-0.39, 0.29) is 17.6 Å². The van der Waals surface area contributed by atoms with Crippen LogP contribution in [0, 0.1) is 5.92 Å². The molecule has 0 radical (unpaired) electrons. The molecule has 1 aromatic carbocycles. The fraction of sp³-hybridized carbons (Fsp3) is 0.333. The predicted molar refractivity (Wildman–Crippen MR) is 67.6 cm³/mol. The highest BCUT2D eigenvalue weighted by Crippen LogP contribution is 2.53. The van der Waals surface area contributed by atoms with Crippen molar-refractivity contribution >= 4 is 40.6 Å². The van der Waals surface area contributed by atoms with Crippen LogP contribution >= 0.6 is 23.2 Å². The van der Waals surface area contributed by atoms with Crippen LogP contribution in [0.4, 0.5) is 5.69 Å². The van der Waals surface area contributed by atoms with Gasteiger partial charge in [-0.15, -0.1) is 23.2 Å². The summed E-state index contributed by atoms with van der Waals surface area (Å²) in [5.41, 5.74) is 1.14. The number of ketones is 1. The van der Waals surface area contributed by atoms with Gasteiger partial charge in [-0.3, -0.25) is 9.59 Å². The summed E-state index contributed by atoms with van der Waals surface area (Å²) in [7, 11) is 0. The van der Waals surface area contributed by atoms with E-state index in [1.54, 1.807) is 24.3 Å². The first kappa shape index (κ1) is 12.4. The van der Waals surface area contributed by atoms with Gasteiger partial charge in [-0.1, -0.05) is 12.1 Å². The molecule has 0 aliphatic heterocycles. The molecule has 90 valence electrons. The Kier molecular flexibility index (Phi) is 3.15. The van der Waals surface area contributed by atoms with E-state index in [2.05, 4.69) is 5.32 Å². The largest absolute Gasteiger partial charge is 0.326 e. The normalized spacial score (nSPS) is 20.8. The summed E-state index contributed by atoms with van der Waals surface area (Å²) < 4.78 is -0.928. The maximum absolute atomic E-state index is 11.7. The standard InChI is InChI=1S/C12H11Cl2NO2/c1-7(16)8-3-2-4-9(5-8)15-11(17)10-6-12(10,13)14/h2-5,10H,6H2,1H3,(H,15,17)/t10-/m1/s1. The molecule has 0 spiro atoms. The van der Waals surface area contributed by atoms with Crippen LogP contribution in [0.25, 0.3) is 0 Å². The van der Waals surface area contributed by atoms with Crippen LogP contribution in [0.3, 0.4) is 0 Å². The Labute approximate surface area is 109 Å². The number of alkyl halides is 2. The second-order valence-corrected chi connectivity index (χ2v) is 5.69. The Balaban J connectivity index is 2.07. The highest BCUT2D eigenvalue weighted by atomic mass is 35.5. The Hall–Kier alpha value is -1.06. The first-order valence-electron chi connectivity index (χ1n) is 5.20. The molecular weight excluding hydrogens is 261 g/mol.